The van der Waals surface area contributed by atoms with Gasteiger partial charge in [0.25, 0.3) is 0 Å². The van der Waals surface area contributed by atoms with Gasteiger partial charge in [0.2, 0.25) is 11.8 Å². The summed E-state index contributed by atoms with van der Waals surface area (Å²) in [6.07, 6.45) is 0.332. The third kappa shape index (κ3) is 4.32. The van der Waals surface area contributed by atoms with Gasteiger partial charge in [-0.25, -0.2) is 0 Å². The molecular weight excluding hydrogens is 348 g/mol. The first-order valence-electron chi connectivity index (χ1n) is 9.08. The Hall–Kier alpha value is -2.77. The molecule has 1 aromatic carbocycles. The minimum Gasteiger partial charge on any atom is -0.493 e. The number of methoxy groups -OCH3 is 2. The van der Waals surface area contributed by atoms with Crippen LogP contribution in [0, 0.1) is 0 Å². The molecule has 0 atom stereocenters. The van der Waals surface area contributed by atoms with E-state index in [2.05, 4.69) is 10.2 Å². The van der Waals surface area contributed by atoms with Crippen molar-refractivity contribution in [3.8, 4) is 11.5 Å². The molecule has 1 amide bonds. The molecule has 1 saturated heterocycles. The molecule has 1 aliphatic rings. The van der Waals surface area contributed by atoms with Crippen molar-refractivity contribution in [3.63, 3.8) is 0 Å². The fourth-order valence-corrected chi connectivity index (χ4v) is 3.01. The molecule has 0 saturated carbocycles. The summed E-state index contributed by atoms with van der Waals surface area (Å²) in [6, 6.07) is 6.09. The van der Waals surface area contributed by atoms with Crippen molar-refractivity contribution < 1.29 is 18.7 Å². The maximum absolute atomic E-state index is 12.6. The molecule has 1 aromatic heterocycles. The zero-order valence-electron chi connectivity index (χ0n) is 16.3. The zero-order chi connectivity index (χ0) is 19.4. The molecular formula is C19H26N4O4. The molecule has 2 heterocycles. The standard InChI is InChI=1S/C19H26N4O4/c1-13(2)18-20-21-19(27-18)23-9-7-22(8-10-23)17(24)12-14-5-6-15(25-3)16(11-14)26-4/h5-6,11,13H,7-10,12H2,1-4H3. The summed E-state index contributed by atoms with van der Waals surface area (Å²) < 4.78 is 16.2. The molecule has 1 fully saturated rings. The van der Waals surface area contributed by atoms with E-state index < -0.39 is 0 Å². The van der Waals surface area contributed by atoms with Crippen LogP contribution in [0.25, 0.3) is 0 Å². The highest BCUT2D eigenvalue weighted by Crippen LogP contribution is 2.28. The van der Waals surface area contributed by atoms with Crippen LogP contribution in [0.5, 0.6) is 11.5 Å². The van der Waals surface area contributed by atoms with E-state index in [1.54, 1.807) is 14.2 Å². The normalized spacial score (nSPS) is 14.6. The summed E-state index contributed by atoms with van der Waals surface area (Å²) in [5, 5.41) is 8.18. The summed E-state index contributed by atoms with van der Waals surface area (Å²) in [5.41, 5.74) is 0.901. The molecule has 1 aliphatic heterocycles. The van der Waals surface area contributed by atoms with Crippen LogP contribution in [0.2, 0.25) is 0 Å². The molecule has 0 spiro atoms. The predicted molar refractivity (Wildman–Crippen MR) is 100 cm³/mol. The minimum absolute atomic E-state index is 0.0928. The Labute approximate surface area is 159 Å². The number of amides is 1. The number of anilines is 1. The lowest BCUT2D eigenvalue weighted by molar-refractivity contribution is -0.130. The van der Waals surface area contributed by atoms with E-state index in [0.29, 0.717) is 56.0 Å². The highest BCUT2D eigenvalue weighted by atomic mass is 16.5. The van der Waals surface area contributed by atoms with Crippen molar-refractivity contribution in [3.05, 3.63) is 29.7 Å². The summed E-state index contributed by atoms with van der Waals surface area (Å²) in [4.78, 5) is 16.5. The lowest BCUT2D eigenvalue weighted by Gasteiger charge is -2.33. The van der Waals surface area contributed by atoms with Gasteiger partial charge in [0.15, 0.2) is 11.5 Å². The molecule has 0 bridgehead atoms. The van der Waals surface area contributed by atoms with Crippen LogP contribution in [-0.4, -0.2) is 61.4 Å². The molecule has 0 unspecified atom stereocenters. The maximum atomic E-state index is 12.6. The van der Waals surface area contributed by atoms with E-state index in [1.165, 1.54) is 0 Å². The highest BCUT2D eigenvalue weighted by Gasteiger charge is 2.25. The Morgan fingerprint density at radius 1 is 1.11 bits per heavy atom. The van der Waals surface area contributed by atoms with E-state index in [-0.39, 0.29) is 11.8 Å². The number of carbonyl (C=O) groups excluding carboxylic acids is 1. The van der Waals surface area contributed by atoms with Gasteiger partial charge in [-0.15, -0.1) is 5.10 Å². The van der Waals surface area contributed by atoms with Crippen molar-refractivity contribution in [2.45, 2.75) is 26.2 Å². The Morgan fingerprint density at radius 2 is 1.81 bits per heavy atom. The van der Waals surface area contributed by atoms with Crippen molar-refractivity contribution in [2.24, 2.45) is 0 Å². The second kappa shape index (κ2) is 8.28. The van der Waals surface area contributed by atoms with E-state index in [0.717, 1.165) is 5.56 Å². The Bertz CT molecular complexity index is 782. The topological polar surface area (TPSA) is 80.9 Å². The predicted octanol–water partition coefficient (Wildman–Crippen LogP) is 2.10. The number of aromatic nitrogens is 2. The summed E-state index contributed by atoms with van der Waals surface area (Å²) in [7, 11) is 3.18. The van der Waals surface area contributed by atoms with Gasteiger partial charge in [-0.3, -0.25) is 4.79 Å². The quantitative estimate of drug-likeness (QED) is 0.766. The summed E-state index contributed by atoms with van der Waals surface area (Å²) in [5.74, 6) is 2.22. The number of hydrogen-bond acceptors (Lipinski definition) is 7. The smallest absolute Gasteiger partial charge is 0.318 e. The Balaban J connectivity index is 1.56. The van der Waals surface area contributed by atoms with Crippen molar-refractivity contribution in [1.82, 2.24) is 15.1 Å². The summed E-state index contributed by atoms with van der Waals surface area (Å²) in [6.45, 7) is 6.65. The SMILES string of the molecule is COc1ccc(CC(=O)N2CCN(c3nnc(C(C)C)o3)CC2)cc1OC. The number of rotatable bonds is 6. The molecule has 0 aliphatic carbocycles. The number of hydrogen-bond donors (Lipinski definition) is 0. The Morgan fingerprint density at radius 3 is 2.41 bits per heavy atom. The molecule has 8 nitrogen and oxygen atoms in total. The van der Waals surface area contributed by atoms with Gasteiger partial charge in [0, 0.05) is 32.1 Å². The van der Waals surface area contributed by atoms with Crippen LogP contribution < -0.4 is 14.4 Å². The van der Waals surface area contributed by atoms with Crippen molar-refractivity contribution in [1.29, 1.82) is 0 Å². The monoisotopic (exact) mass is 374 g/mol. The van der Waals surface area contributed by atoms with E-state index >= 15 is 0 Å². The van der Waals surface area contributed by atoms with E-state index in [9.17, 15) is 4.79 Å². The second-order valence-corrected chi connectivity index (χ2v) is 6.81. The second-order valence-electron chi connectivity index (χ2n) is 6.81. The van der Waals surface area contributed by atoms with Gasteiger partial charge in [-0.2, -0.15) is 0 Å². The summed E-state index contributed by atoms with van der Waals surface area (Å²) >= 11 is 0. The number of carbonyl (C=O) groups is 1. The molecule has 3 rings (SSSR count). The number of piperazine rings is 1. The molecule has 146 valence electrons. The minimum atomic E-state index is 0.0928. The van der Waals surface area contributed by atoms with E-state index in [4.69, 9.17) is 13.9 Å². The third-order valence-electron chi connectivity index (χ3n) is 4.63. The Kier molecular flexibility index (Phi) is 5.83. The van der Waals surface area contributed by atoms with Crippen molar-refractivity contribution >= 4 is 11.9 Å². The molecule has 2 aromatic rings. The van der Waals surface area contributed by atoms with Crippen LogP contribution in [0.4, 0.5) is 6.01 Å². The first-order valence-corrected chi connectivity index (χ1v) is 9.08. The highest BCUT2D eigenvalue weighted by molar-refractivity contribution is 5.79. The van der Waals surface area contributed by atoms with Crippen LogP contribution in [0.3, 0.4) is 0 Å². The lowest BCUT2D eigenvalue weighted by Crippen LogP contribution is -2.49. The van der Waals surface area contributed by atoms with Gasteiger partial charge >= 0.3 is 6.01 Å². The van der Waals surface area contributed by atoms with Gasteiger partial charge in [-0.1, -0.05) is 25.0 Å². The molecule has 8 heteroatoms. The van der Waals surface area contributed by atoms with Crippen molar-refractivity contribution in [2.75, 3.05) is 45.3 Å². The van der Waals surface area contributed by atoms with Gasteiger partial charge < -0.3 is 23.7 Å². The fourth-order valence-electron chi connectivity index (χ4n) is 3.01. The van der Waals surface area contributed by atoms with Gasteiger partial charge in [-0.05, 0) is 17.7 Å². The fraction of sp³-hybridized carbons (Fsp3) is 0.526. The number of ether oxygens (including phenoxy) is 2. The average Bonchev–Trinajstić information content (AvgIpc) is 3.18. The first-order chi connectivity index (χ1) is 13.0. The number of benzene rings is 1. The van der Waals surface area contributed by atoms with Gasteiger partial charge in [0.1, 0.15) is 0 Å². The third-order valence-corrected chi connectivity index (χ3v) is 4.63. The van der Waals surface area contributed by atoms with E-state index in [1.807, 2.05) is 41.8 Å². The molecule has 0 N–H and O–H groups in total. The maximum Gasteiger partial charge on any atom is 0.318 e. The largest absolute Gasteiger partial charge is 0.493 e. The molecule has 27 heavy (non-hydrogen) atoms. The van der Waals surface area contributed by atoms with Gasteiger partial charge in [0.05, 0.1) is 20.6 Å². The van der Waals surface area contributed by atoms with Crippen LogP contribution in [0.1, 0.15) is 31.2 Å². The molecule has 0 radical (unpaired) electrons. The first kappa shape index (κ1) is 19.0. The van der Waals surface area contributed by atoms with Crippen LogP contribution >= 0.6 is 0 Å². The average molecular weight is 374 g/mol. The van der Waals surface area contributed by atoms with Crippen LogP contribution in [0.15, 0.2) is 22.6 Å². The lowest BCUT2D eigenvalue weighted by atomic mass is 10.1. The number of nitrogens with zero attached hydrogens (tertiary/aromatic N) is 4. The zero-order valence-corrected chi connectivity index (χ0v) is 16.3. The van der Waals surface area contributed by atoms with Crippen LogP contribution in [-0.2, 0) is 11.2 Å².